The number of carboxylic acid groups (broad SMARTS) is 1. The molecular formula is C67H106O12. The molecule has 0 bridgehead atoms. The van der Waals surface area contributed by atoms with Gasteiger partial charge in [0.1, 0.15) is 18.8 Å². The molecule has 0 aromatic heterocycles. The van der Waals surface area contributed by atoms with Crippen LogP contribution in [0.2, 0.25) is 0 Å². The number of unbranched alkanes of at least 4 members (excludes halogenated alkanes) is 16. The number of aliphatic carboxylic acids is 1. The Hall–Kier alpha value is -4.88. The van der Waals surface area contributed by atoms with Crippen LogP contribution in [0.25, 0.3) is 0 Å². The van der Waals surface area contributed by atoms with Crippen molar-refractivity contribution in [2.45, 2.75) is 263 Å². The van der Waals surface area contributed by atoms with Crippen LogP contribution >= 0.6 is 0 Å². The highest BCUT2D eigenvalue weighted by atomic mass is 16.7. The van der Waals surface area contributed by atoms with Crippen molar-refractivity contribution in [3.05, 3.63) is 122 Å². The van der Waals surface area contributed by atoms with E-state index in [1.165, 1.54) is 19.3 Å². The minimum Gasteiger partial charge on any atom is -0.479 e. The van der Waals surface area contributed by atoms with E-state index in [1.54, 1.807) is 0 Å². The molecule has 446 valence electrons. The number of aliphatic hydroxyl groups is 2. The normalized spacial score (nSPS) is 18.7. The van der Waals surface area contributed by atoms with Crippen molar-refractivity contribution < 1.29 is 58.2 Å². The molecule has 0 saturated carbocycles. The molecule has 6 atom stereocenters. The highest BCUT2D eigenvalue weighted by molar-refractivity contribution is 5.74. The molecular weight excluding hydrogens is 997 g/mol. The first-order valence-electron chi connectivity index (χ1n) is 30.5. The summed E-state index contributed by atoms with van der Waals surface area (Å²) in [4.78, 5) is 51.2. The maximum Gasteiger partial charge on any atom is 0.335 e. The standard InChI is InChI=1S/C67H106O12/c1-4-7-10-13-16-19-22-25-28-29-30-31-34-37-40-43-46-49-52-55-61(70)78-65-63(72)62(71)64(66(73)74)79-67(65)76-57-58(77-60(69)54-51-48-45-42-39-36-33-27-24-21-18-15-12-9-6-3)56-75-59(68)53-50-47-44-41-38-35-32-26-23-20-17-14-11-8-5-2/h7-8,10-11,16-21,25-28,30-33,37,40,58,62-65,67,71-72H,4-6,9,12-15,22-24,29,34-36,38-39,41-57H2,1-3H3,(H,73,74)/b10-7-,11-8-,19-16-,20-17-,21-18-,28-25-,31-30-,32-26-,33-27-,40-37-. The van der Waals surface area contributed by atoms with E-state index in [-0.39, 0.29) is 25.9 Å². The van der Waals surface area contributed by atoms with Gasteiger partial charge in [-0.25, -0.2) is 4.79 Å². The summed E-state index contributed by atoms with van der Waals surface area (Å²) in [5, 5.41) is 31.5. The van der Waals surface area contributed by atoms with Crippen LogP contribution in [0.1, 0.15) is 226 Å². The van der Waals surface area contributed by atoms with E-state index in [4.69, 9.17) is 23.7 Å². The molecule has 3 N–H and O–H groups in total. The molecule has 6 unspecified atom stereocenters. The van der Waals surface area contributed by atoms with Gasteiger partial charge in [-0.05, 0) is 128 Å². The van der Waals surface area contributed by atoms with Gasteiger partial charge < -0.3 is 39.0 Å². The average Bonchev–Trinajstić information content (AvgIpc) is 3.44. The van der Waals surface area contributed by atoms with Crippen LogP contribution in [0, 0.1) is 0 Å². The van der Waals surface area contributed by atoms with E-state index in [0.717, 1.165) is 148 Å². The second-order valence-corrected chi connectivity index (χ2v) is 20.2. The summed E-state index contributed by atoms with van der Waals surface area (Å²) in [6, 6.07) is 0. The maximum atomic E-state index is 13.2. The summed E-state index contributed by atoms with van der Waals surface area (Å²) in [6.45, 7) is 5.70. The molecule has 79 heavy (non-hydrogen) atoms. The fourth-order valence-corrected chi connectivity index (χ4v) is 8.38. The zero-order valence-corrected chi connectivity index (χ0v) is 49.1. The number of carbonyl (C=O) groups excluding carboxylic acids is 3. The van der Waals surface area contributed by atoms with Crippen LogP contribution in [0.15, 0.2) is 122 Å². The van der Waals surface area contributed by atoms with Crippen LogP contribution in [0.5, 0.6) is 0 Å². The third kappa shape index (κ3) is 43.6. The third-order valence-electron chi connectivity index (χ3n) is 13.0. The molecule has 1 saturated heterocycles. The number of allylic oxidation sites excluding steroid dienone is 20. The highest BCUT2D eigenvalue weighted by Crippen LogP contribution is 2.26. The van der Waals surface area contributed by atoms with E-state index in [0.29, 0.717) is 19.3 Å². The van der Waals surface area contributed by atoms with E-state index >= 15 is 0 Å². The quantitative estimate of drug-likeness (QED) is 0.0228. The Kier molecular flexibility index (Phi) is 49.1. The second kappa shape index (κ2) is 53.7. The fraction of sp³-hybridized carbons (Fsp3) is 0.642. The molecule has 1 rings (SSSR count). The summed E-state index contributed by atoms with van der Waals surface area (Å²) < 4.78 is 28.4. The van der Waals surface area contributed by atoms with Crippen molar-refractivity contribution >= 4 is 23.9 Å². The summed E-state index contributed by atoms with van der Waals surface area (Å²) in [5.74, 6) is -3.22. The molecule has 0 aliphatic carbocycles. The second-order valence-electron chi connectivity index (χ2n) is 20.2. The van der Waals surface area contributed by atoms with Crippen molar-refractivity contribution in [3.8, 4) is 0 Å². The molecule has 0 aromatic carbocycles. The first-order chi connectivity index (χ1) is 38.6. The van der Waals surface area contributed by atoms with Crippen LogP contribution in [-0.4, -0.2) is 89.2 Å². The van der Waals surface area contributed by atoms with Crippen LogP contribution in [0.4, 0.5) is 0 Å². The molecule has 0 spiro atoms. The van der Waals surface area contributed by atoms with Crippen molar-refractivity contribution in [3.63, 3.8) is 0 Å². The SMILES string of the molecule is CC/C=C\C/C=C\C/C=C\C/C=C\C/C=C\CCCCCC(=O)OC1C(OCC(COC(=O)CCCCCCC/C=C\C/C=C\C/C=C\CC)OC(=O)CCCCCCC/C=C\C/C=C\CCCCC)OC(C(=O)O)C(O)C1O. The van der Waals surface area contributed by atoms with E-state index < -0.39 is 67.3 Å². The molecule has 1 aliphatic rings. The number of aliphatic hydroxyl groups excluding tert-OH is 2. The molecule has 12 heteroatoms. The van der Waals surface area contributed by atoms with Crippen molar-refractivity contribution in [1.82, 2.24) is 0 Å². The maximum absolute atomic E-state index is 13.2. The molecule has 0 amide bonds. The van der Waals surface area contributed by atoms with Crippen LogP contribution < -0.4 is 0 Å². The Balaban J connectivity index is 2.73. The van der Waals surface area contributed by atoms with Gasteiger partial charge in [-0.1, -0.05) is 200 Å². The molecule has 0 radical (unpaired) electrons. The summed E-state index contributed by atoms with van der Waals surface area (Å²) >= 11 is 0. The summed E-state index contributed by atoms with van der Waals surface area (Å²) in [6.07, 6.45) is 61.5. The predicted octanol–water partition coefficient (Wildman–Crippen LogP) is 16.0. The van der Waals surface area contributed by atoms with Gasteiger partial charge in [-0.2, -0.15) is 0 Å². The number of esters is 3. The lowest BCUT2D eigenvalue weighted by molar-refractivity contribution is -0.301. The monoisotopic (exact) mass is 1100 g/mol. The van der Waals surface area contributed by atoms with E-state index in [9.17, 15) is 34.5 Å². The number of carboxylic acids is 1. The van der Waals surface area contributed by atoms with E-state index in [2.05, 4.69) is 142 Å². The van der Waals surface area contributed by atoms with Crippen molar-refractivity contribution in [1.29, 1.82) is 0 Å². The topological polar surface area (TPSA) is 175 Å². The average molecular weight is 1100 g/mol. The zero-order valence-electron chi connectivity index (χ0n) is 49.1. The van der Waals surface area contributed by atoms with Crippen LogP contribution in [-0.2, 0) is 42.9 Å². The van der Waals surface area contributed by atoms with Gasteiger partial charge in [0.15, 0.2) is 24.6 Å². The Morgan fingerprint density at radius 3 is 1.23 bits per heavy atom. The fourth-order valence-electron chi connectivity index (χ4n) is 8.38. The van der Waals surface area contributed by atoms with Crippen molar-refractivity contribution in [2.75, 3.05) is 13.2 Å². The first kappa shape index (κ1) is 72.1. The van der Waals surface area contributed by atoms with Crippen LogP contribution in [0.3, 0.4) is 0 Å². The van der Waals surface area contributed by atoms with Gasteiger partial charge in [0, 0.05) is 19.3 Å². The lowest BCUT2D eigenvalue weighted by Crippen LogP contribution is -2.61. The zero-order chi connectivity index (χ0) is 57.5. The Labute approximate surface area is 478 Å². The number of hydrogen-bond donors (Lipinski definition) is 3. The minimum absolute atomic E-state index is 0.0115. The molecule has 12 nitrogen and oxygen atoms in total. The van der Waals surface area contributed by atoms with Gasteiger partial charge >= 0.3 is 23.9 Å². The third-order valence-corrected chi connectivity index (χ3v) is 13.0. The van der Waals surface area contributed by atoms with Gasteiger partial charge in [0.25, 0.3) is 0 Å². The lowest BCUT2D eigenvalue weighted by Gasteiger charge is -2.40. The smallest absolute Gasteiger partial charge is 0.335 e. The van der Waals surface area contributed by atoms with Gasteiger partial charge in [-0.15, -0.1) is 0 Å². The predicted molar refractivity (Wildman–Crippen MR) is 321 cm³/mol. The summed E-state index contributed by atoms with van der Waals surface area (Å²) in [7, 11) is 0. The number of hydrogen-bond acceptors (Lipinski definition) is 11. The molecule has 1 heterocycles. The van der Waals surface area contributed by atoms with E-state index in [1.807, 2.05) is 0 Å². The lowest BCUT2D eigenvalue weighted by atomic mass is 9.98. The van der Waals surface area contributed by atoms with Gasteiger partial charge in [-0.3, -0.25) is 14.4 Å². The van der Waals surface area contributed by atoms with Gasteiger partial charge in [0.05, 0.1) is 6.61 Å². The number of carbonyl (C=O) groups is 4. The highest BCUT2D eigenvalue weighted by Gasteiger charge is 2.50. The first-order valence-corrected chi connectivity index (χ1v) is 30.5. The van der Waals surface area contributed by atoms with Gasteiger partial charge in [0.2, 0.25) is 0 Å². The number of ether oxygens (including phenoxy) is 5. The largest absolute Gasteiger partial charge is 0.479 e. The Bertz CT molecular complexity index is 1840. The Morgan fingerprint density at radius 1 is 0.430 bits per heavy atom. The molecule has 1 fully saturated rings. The summed E-state index contributed by atoms with van der Waals surface area (Å²) in [5.41, 5.74) is 0. The van der Waals surface area contributed by atoms with Crippen molar-refractivity contribution in [2.24, 2.45) is 0 Å². The number of rotatable bonds is 50. The Morgan fingerprint density at radius 2 is 0.797 bits per heavy atom. The molecule has 1 aliphatic heterocycles. The minimum atomic E-state index is -1.93. The molecule has 0 aromatic rings.